The Bertz CT molecular complexity index is 359. The average molecular weight is 235 g/mol. The zero-order chi connectivity index (χ0) is 12.3. The van der Waals surface area contributed by atoms with Crippen LogP contribution in [-0.4, -0.2) is 6.18 Å². The molecule has 1 nitrogen and oxygen atoms in total. The van der Waals surface area contributed by atoms with Crippen LogP contribution in [0.2, 0.25) is 0 Å². The lowest BCUT2D eigenvalue weighted by molar-refractivity contribution is -0.136. The van der Waals surface area contributed by atoms with E-state index in [4.69, 9.17) is 5.73 Å². The fourth-order valence-electron chi connectivity index (χ4n) is 1.33. The van der Waals surface area contributed by atoms with Gasteiger partial charge in [-0.2, -0.15) is 13.2 Å². The number of nitrogens with two attached hydrogens (primary N) is 1. The first-order valence-electron chi connectivity index (χ1n) is 4.88. The second-order valence-corrected chi connectivity index (χ2v) is 3.77. The van der Waals surface area contributed by atoms with Gasteiger partial charge in [-0.25, -0.2) is 4.39 Å². The van der Waals surface area contributed by atoms with Gasteiger partial charge in [-0.3, -0.25) is 0 Å². The van der Waals surface area contributed by atoms with Gasteiger partial charge < -0.3 is 5.73 Å². The third-order valence-electron chi connectivity index (χ3n) is 2.36. The lowest BCUT2D eigenvalue weighted by Gasteiger charge is -2.14. The van der Waals surface area contributed by atoms with Crippen LogP contribution in [0.15, 0.2) is 18.2 Å². The number of halogens is 4. The molecule has 0 radical (unpaired) electrons. The van der Waals surface area contributed by atoms with Gasteiger partial charge in [0.05, 0.1) is 0 Å². The molecule has 0 spiro atoms. The second-order valence-electron chi connectivity index (χ2n) is 3.77. The number of alkyl halides is 3. The molecule has 0 amide bonds. The van der Waals surface area contributed by atoms with Crippen LogP contribution in [0.4, 0.5) is 17.6 Å². The predicted octanol–water partition coefficient (Wildman–Crippen LogP) is 3.48. The smallest absolute Gasteiger partial charge is 0.324 e. The van der Waals surface area contributed by atoms with E-state index in [2.05, 4.69) is 0 Å². The molecule has 0 saturated heterocycles. The summed E-state index contributed by atoms with van der Waals surface area (Å²) in [6, 6.07) is 3.48. The third-order valence-corrected chi connectivity index (χ3v) is 2.36. The molecule has 1 aromatic carbocycles. The highest BCUT2D eigenvalue weighted by atomic mass is 19.4. The molecule has 0 bridgehead atoms. The Balaban J connectivity index is 2.66. The first-order chi connectivity index (χ1) is 7.29. The minimum absolute atomic E-state index is 0.230. The molecule has 1 atom stereocenters. The van der Waals surface area contributed by atoms with E-state index in [9.17, 15) is 17.6 Å². The van der Waals surface area contributed by atoms with Crippen molar-refractivity contribution in [2.24, 2.45) is 5.73 Å². The van der Waals surface area contributed by atoms with Crippen LogP contribution in [0, 0.1) is 12.7 Å². The van der Waals surface area contributed by atoms with Crippen LogP contribution in [0.1, 0.15) is 30.0 Å². The van der Waals surface area contributed by atoms with Crippen molar-refractivity contribution in [3.05, 3.63) is 35.1 Å². The molecular formula is C11H13F4N. The highest BCUT2D eigenvalue weighted by Crippen LogP contribution is 2.26. The highest BCUT2D eigenvalue weighted by molar-refractivity contribution is 5.25. The molecule has 90 valence electrons. The molecule has 0 aliphatic carbocycles. The van der Waals surface area contributed by atoms with Crippen molar-refractivity contribution >= 4 is 0 Å². The van der Waals surface area contributed by atoms with Crippen LogP contribution in [0.3, 0.4) is 0 Å². The fourth-order valence-corrected chi connectivity index (χ4v) is 1.33. The Morgan fingerprint density at radius 2 is 1.94 bits per heavy atom. The van der Waals surface area contributed by atoms with Crippen molar-refractivity contribution in [1.82, 2.24) is 0 Å². The van der Waals surface area contributed by atoms with Gasteiger partial charge in [0.1, 0.15) is 5.82 Å². The molecule has 2 N–H and O–H groups in total. The van der Waals surface area contributed by atoms with Gasteiger partial charge in [0.25, 0.3) is 0 Å². The summed E-state index contributed by atoms with van der Waals surface area (Å²) in [7, 11) is 0. The Hall–Kier alpha value is -1.10. The van der Waals surface area contributed by atoms with E-state index in [1.54, 1.807) is 13.0 Å². The number of hydrogen-bond donors (Lipinski definition) is 1. The number of rotatable bonds is 3. The van der Waals surface area contributed by atoms with Crippen molar-refractivity contribution in [3.8, 4) is 0 Å². The number of benzene rings is 1. The van der Waals surface area contributed by atoms with Gasteiger partial charge in [-0.1, -0.05) is 12.1 Å². The van der Waals surface area contributed by atoms with Gasteiger partial charge in [-0.15, -0.1) is 0 Å². The Morgan fingerprint density at radius 1 is 1.31 bits per heavy atom. The lowest BCUT2D eigenvalue weighted by atomic mass is 10.0. The summed E-state index contributed by atoms with van der Waals surface area (Å²) in [6.45, 7) is 1.58. The molecule has 5 heteroatoms. The van der Waals surface area contributed by atoms with E-state index in [-0.39, 0.29) is 6.42 Å². The van der Waals surface area contributed by atoms with E-state index >= 15 is 0 Å². The second kappa shape index (κ2) is 4.82. The van der Waals surface area contributed by atoms with Crippen molar-refractivity contribution in [3.63, 3.8) is 0 Å². The summed E-state index contributed by atoms with van der Waals surface area (Å²) >= 11 is 0. The molecule has 16 heavy (non-hydrogen) atoms. The third kappa shape index (κ3) is 3.81. The van der Waals surface area contributed by atoms with Crippen LogP contribution >= 0.6 is 0 Å². The maximum absolute atomic E-state index is 13.1. The van der Waals surface area contributed by atoms with Gasteiger partial charge in [-0.05, 0) is 30.5 Å². The average Bonchev–Trinajstić information content (AvgIpc) is 2.17. The zero-order valence-corrected chi connectivity index (χ0v) is 8.81. The van der Waals surface area contributed by atoms with E-state index in [0.717, 1.165) is 0 Å². The first kappa shape index (κ1) is 13.0. The molecule has 1 rings (SSSR count). The van der Waals surface area contributed by atoms with Crippen LogP contribution in [0.25, 0.3) is 0 Å². The number of aryl methyl sites for hydroxylation is 1. The lowest BCUT2D eigenvalue weighted by Crippen LogP contribution is -2.16. The quantitative estimate of drug-likeness (QED) is 0.797. The van der Waals surface area contributed by atoms with Crippen LogP contribution in [0.5, 0.6) is 0 Å². The van der Waals surface area contributed by atoms with E-state index in [1.165, 1.54) is 12.1 Å². The van der Waals surface area contributed by atoms with Crippen molar-refractivity contribution in [2.45, 2.75) is 32.0 Å². The summed E-state index contributed by atoms with van der Waals surface area (Å²) in [5.41, 5.74) is 6.40. The monoisotopic (exact) mass is 235 g/mol. The van der Waals surface area contributed by atoms with Gasteiger partial charge >= 0.3 is 6.18 Å². The van der Waals surface area contributed by atoms with E-state index in [1.807, 2.05) is 0 Å². The molecular weight excluding hydrogens is 222 g/mol. The topological polar surface area (TPSA) is 26.0 Å². The van der Waals surface area contributed by atoms with Gasteiger partial charge in [0, 0.05) is 12.5 Å². The van der Waals surface area contributed by atoms with Crippen molar-refractivity contribution < 1.29 is 17.6 Å². The summed E-state index contributed by atoms with van der Waals surface area (Å²) in [4.78, 5) is 0. The maximum atomic E-state index is 13.1. The minimum Gasteiger partial charge on any atom is -0.324 e. The van der Waals surface area contributed by atoms with Gasteiger partial charge in [0.2, 0.25) is 0 Å². The summed E-state index contributed by atoms with van der Waals surface area (Å²) in [5, 5.41) is 0. The maximum Gasteiger partial charge on any atom is 0.389 e. The summed E-state index contributed by atoms with van der Waals surface area (Å²) in [6.07, 6.45) is -5.41. The molecule has 0 aliphatic rings. The molecule has 0 aromatic heterocycles. The molecule has 0 heterocycles. The molecule has 0 saturated carbocycles. The largest absolute Gasteiger partial charge is 0.389 e. The highest BCUT2D eigenvalue weighted by Gasteiger charge is 2.27. The van der Waals surface area contributed by atoms with Crippen LogP contribution in [-0.2, 0) is 0 Å². The molecule has 1 aromatic rings. The summed E-state index contributed by atoms with van der Waals surface area (Å²) in [5.74, 6) is -0.444. The molecule has 0 unspecified atom stereocenters. The molecule has 0 aliphatic heterocycles. The standard InChI is InChI=1S/C11H13F4N/c1-7-2-3-8(6-9(7)12)10(16)4-5-11(13,14)15/h2-3,6,10H,4-5,16H2,1H3/t10-/m0/s1. The Kier molecular flexibility index (Phi) is 3.91. The first-order valence-corrected chi connectivity index (χ1v) is 4.88. The van der Waals surface area contributed by atoms with Crippen LogP contribution < -0.4 is 5.73 Å². The fraction of sp³-hybridized carbons (Fsp3) is 0.455. The normalized spacial score (nSPS) is 13.9. The summed E-state index contributed by atoms with van der Waals surface area (Å²) < 4.78 is 49.0. The van der Waals surface area contributed by atoms with Crippen molar-refractivity contribution in [1.29, 1.82) is 0 Å². The van der Waals surface area contributed by atoms with Crippen molar-refractivity contribution in [2.75, 3.05) is 0 Å². The minimum atomic E-state index is -4.22. The molecule has 0 fully saturated rings. The Labute approximate surface area is 91.3 Å². The van der Waals surface area contributed by atoms with Gasteiger partial charge in [0.15, 0.2) is 0 Å². The zero-order valence-electron chi connectivity index (χ0n) is 8.81. The predicted molar refractivity (Wildman–Crippen MR) is 53.4 cm³/mol. The number of hydrogen-bond acceptors (Lipinski definition) is 1. The van der Waals surface area contributed by atoms with E-state index in [0.29, 0.717) is 11.1 Å². The Morgan fingerprint density at radius 3 is 2.44 bits per heavy atom. The van der Waals surface area contributed by atoms with E-state index < -0.39 is 24.5 Å². The SMILES string of the molecule is Cc1ccc([C@@H](N)CCC(F)(F)F)cc1F.